The molecule has 1 N–H and O–H groups in total. The van der Waals surface area contributed by atoms with E-state index in [1.807, 2.05) is 24.4 Å². The highest BCUT2D eigenvalue weighted by molar-refractivity contribution is 9.10. The summed E-state index contributed by atoms with van der Waals surface area (Å²) in [5, 5.41) is 3.75. The zero-order valence-corrected chi connectivity index (χ0v) is 14.5. The van der Waals surface area contributed by atoms with Gasteiger partial charge in [-0.15, -0.1) is 0 Å². The largest absolute Gasteiger partial charge is 0.367 e. The number of hydrogen-bond acceptors (Lipinski definition) is 3. The van der Waals surface area contributed by atoms with Crippen molar-refractivity contribution in [1.82, 2.24) is 14.4 Å². The maximum atomic E-state index is 4.83. The van der Waals surface area contributed by atoms with Crippen molar-refractivity contribution in [2.45, 2.75) is 38.1 Å². The van der Waals surface area contributed by atoms with E-state index in [-0.39, 0.29) is 0 Å². The lowest BCUT2D eigenvalue weighted by Crippen LogP contribution is -2.23. The lowest BCUT2D eigenvalue weighted by Gasteiger charge is -2.24. The van der Waals surface area contributed by atoms with E-state index >= 15 is 0 Å². The molecule has 3 aromatic rings. The summed E-state index contributed by atoms with van der Waals surface area (Å²) in [5.74, 6) is 1.08. The monoisotopic (exact) mass is 370 g/mol. The number of nitrogens with zero attached hydrogens (tertiary/aromatic N) is 3. The van der Waals surface area contributed by atoms with Gasteiger partial charge in [0.2, 0.25) is 0 Å². The third kappa shape index (κ3) is 2.98. The van der Waals surface area contributed by atoms with Gasteiger partial charge in [0.25, 0.3) is 0 Å². The second kappa shape index (κ2) is 6.32. The van der Waals surface area contributed by atoms with E-state index in [1.54, 1.807) is 6.20 Å². The number of pyridine rings is 2. The van der Waals surface area contributed by atoms with Gasteiger partial charge in [0.15, 0.2) is 0 Å². The fourth-order valence-electron chi connectivity index (χ4n) is 3.32. The first-order valence-corrected chi connectivity index (χ1v) is 8.95. The van der Waals surface area contributed by atoms with Crippen molar-refractivity contribution in [3.05, 3.63) is 47.3 Å². The molecule has 4 rings (SSSR count). The molecule has 0 aromatic carbocycles. The summed E-state index contributed by atoms with van der Waals surface area (Å²) in [6.07, 6.45) is 12.2. The minimum atomic E-state index is 0.530. The third-order valence-electron chi connectivity index (χ3n) is 4.45. The van der Waals surface area contributed by atoms with Crippen LogP contribution in [0.2, 0.25) is 0 Å². The minimum absolute atomic E-state index is 0.530. The number of nitrogens with one attached hydrogen (secondary N) is 1. The highest BCUT2D eigenvalue weighted by Gasteiger charge is 2.19. The van der Waals surface area contributed by atoms with E-state index in [9.17, 15) is 0 Å². The zero-order chi connectivity index (χ0) is 15.6. The van der Waals surface area contributed by atoms with E-state index in [0.29, 0.717) is 6.04 Å². The number of fused-ring (bicyclic) bond motifs is 1. The van der Waals surface area contributed by atoms with Crippen LogP contribution in [0.3, 0.4) is 0 Å². The Morgan fingerprint density at radius 1 is 1.13 bits per heavy atom. The van der Waals surface area contributed by atoms with Gasteiger partial charge in [-0.05, 0) is 47.0 Å². The lowest BCUT2D eigenvalue weighted by molar-refractivity contribution is 0.462. The van der Waals surface area contributed by atoms with Gasteiger partial charge in [-0.2, -0.15) is 0 Å². The maximum absolute atomic E-state index is 4.83. The number of imidazole rings is 1. The summed E-state index contributed by atoms with van der Waals surface area (Å²) >= 11 is 3.51. The van der Waals surface area contributed by atoms with Gasteiger partial charge in [0.05, 0.1) is 0 Å². The van der Waals surface area contributed by atoms with Crippen LogP contribution in [0, 0.1) is 0 Å². The van der Waals surface area contributed by atoms with Crippen molar-refractivity contribution in [2.24, 2.45) is 0 Å². The average molecular weight is 371 g/mol. The molecule has 118 valence electrons. The van der Waals surface area contributed by atoms with Crippen molar-refractivity contribution in [3.63, 3.8) is 0 Å². The van der Waals surface area contributed by atoms with Gasteiger partial charge >= 0.3 is 0 Å². The molecule has 23 heavy (non-hydrogen) atoms. The van der Waals surface area contributed by atoms with Crippen LogP contribution in [-0.2, 0) is 0 Å². The Bertz CT molecular complexity index is 821. The summed E-state index contributed by atoms with van der Waals surface area (Å²) in [5.41, 5.74) is 2.96. The molecule has 4 nitrogen and oxygen atoms in total. The lowest BCUT2D eigenvalue weighted by atomic mass is 9.95. The van der Waals surface area contributed by atoms with Gasteiger partial charge < -0.3 is 5.32 Å². The van der Waals surface area contributed by atoms with Crippen LogP contribution in [0.25, 0.3) is 16.9 Å². The van der Waals surface area contributed by atoms with Crippen molar-refractivity contribution in [2.75, 3.05) is 5.32 Å². The number of rotatable bonds is 3. The second-order valence-corrected chi connectivity index (χ2v) is 7.02. The number of aromatic nitrogens is 3. The first kappa shape index (κ1) is 14.7. The quantitative estimate of drug-likeness (QED) is 0.712. The molecule has 0 spiro atoms. The van der Waals surface area contributed by atoms with Crippen LogP contribution in [-0.4, -0.2) is 20.4 Å². The molecule has 1 aliphatic rings. The van der Waals surface area contributed by atoms with Gasteiger partial charge in [-0.25, -0.2) is 4.98 Å². The zero-order valence-electron chi connectivity index (χ0n) is 12.9. The van der Waals surface area contributed by atoms with Crippen LogP contribution in [0.4, 0.5) is 5.82 Å². The van der Waals surface area contributed by atoms with Crippen LogP contribution >= 0.6 is 15.9 Å². The fraction of sp³-hybridized carbons (Fsp3) is 0.333. The average Bonchev–Trinajstić information content (AvgIpc) is 2.95. The number of hydrogen-bond donors (Lipinski definition) is 1. The van der Waals surface area contributed by atoms with E-state index in [4.69, 9.17) is 4.98 Å². The van der Waals surface area contributed by atoms with E-state index < -0.39 is 0 Å². The Morgan fingerprint density at radius 3 is 2.83 bits per heavy atom. The Kier molecular flexibility index (Phi) is 4.04. The third-order valence-corrected chi connectivity index (χ3v) is 4.89. The Balaban J connectivity index is 1.80. The molecule has 0 bridgehead atoms. The Morgan fingerprint density at radius 2 is 2.00 bits per heavy atom. The van der Waals surface area contributed by atoms with Gasteiger partial charge in [0.1, 0.15) is 17.2 Å². The molecular formula is C18H19BrN4. The normalized spacial score (nSPS) is 15.9. The molecule has 0 unspecified atom stereocenters. The predicted molar refractivity (Wildman–Crippen MR) is 96.6 cm³/mol. The molecule has 3 heterocycles. The first-order valence-electron chi connectivity index (χ1n) is 8.16. The molecule has 3 aromatic heterocycles. The smallest absolute Gasteiger partial charge is 0.139 e. The van der Waals surface area contributed by atoms with Crippen molar-refractivity contribution < 1.29 is 0 Å². The summed E-state index contributed by atoms with van der Waals surface area (Å²) in [6, 6.07) is 8.71. The van der Waals surface area contributed by atoms with Crippen molar-refractivity contribution in [3.8, 4) is 11.3 Å². The summed E-state index contributed by atoms with van der Waals surface area (Å²) in [6.45, 7) is 0. The van der Waals surface area contributed by atoms with Crippen molar-refractivity contribution in [1.29, 1.82) is 0 Å². The molecular weight excluding hydrogens is 352 g/mol. The SMILES string of the molecule is Brc1cncc(-c2nc3ccccn3c2NC2CCCCC2)c1. The van der Waals surface area contributed by atoms with Gasteiger partial charge in [0, 0.05) is 34.7 Å². The Hall–Kier alpha value is -1.88. The summed E-state index contributed by atoms with van der Waals surface area (Å²) in [4.78, 5) is 9.12. The number of halogens is 1. The van der Waals surface area contributed by atoms with E-state index in [1.165, 1.54) is 32.1 Å². The minimum Gasteiger partial charge on any atom is -0.367 e. The summed E-state index contributed by atoms with van der Waals surface area (Å²) < 4.78 is 3.11. The first-order chi connectivity index (χ1) is 11.3. The van der Waals surface area contributed by atoms with Crippen LogP contribution < -0.4 is 5.32 Å². The molecule has 1 saturated carbocycles. The molecule has 0 radical (unpaired) electrons. The number of anilines is 1. The second-order valence-electron chi connectivity index (χ2n) is 6.11. The van der Waals surface area contributed by atoms with Crippen LogP contribution in [0.15, 0.2) is 47.3 Å². The molecule has 0 atom stereocenters. The molecule has 0 aliphatic heterocycles. The van der Waals surface area contributed by atoms with E-state index in [0.717, 1.165) is 27.2 Å². The van der Waals surface area contributed by atoms with Crippen LogP contribution in [0.5, 0.6) is 0 Å². The molecule has 0 amide bonds. The fourth-order valence-corrected chi connectivity index (χ4v) is 3.68. The topological polar surface area (TPSA) is 42.2 Å². The maximum Gasteiger partial charge on any atom is 0.139 e. The Labute approximate surface area is 144 Å². The standard InChI is InChI=1S/C18H19BrN4/c19-14-10-13(11-20-12-14)17-18(21-15-6-2-1-3-7-15)23-9-5-4-8-16(23)22-17/h4-5,8-12,15,21H,1-3,6-7H2. The van der Waals surface area contributed by atoms with Crippen LogP contribution in [0.1, 0.15) is 32.1 Å². The van der Waals surface area contributed by atoms with Gasteiger partial charge in [-0.3, -0.25) is 9.38 Å². The highest BCUT2D eigenvalue weighted by Crippen LogP contribution is 2.32. The highest BCUT2D eigenvalue weighted by atomic mass is 79.9. The van der Waals surface area contributed by atoms with E-state index in [2.05, 4.69) is 42.9 Å². The van der Waals surface area contributed by atoms with Crippen molar-refractivity contribution >= 4 is 27.4 Å². The van der Waals surface area contributed by atoms with Gasteiger partial charge in [-0.1, -0.05) is 25.3 Å². The molecule has 0 saturated heterocycles. The summed E-state index contributed by atoms with van der Waals surface area (Å²) in [7, 11) is 0. The molecule has 1 aliphatic carbocycles. The molecule has 1 fully saturated rings. The molecule has 5 heteroatoms. The predicted octanol–water partition coefficient (Wildman–Crippen LogP) is 4.90.